The molecule has 0 radical (unpaired) electrons. The number of aliphatic hydroxyl groups excluding tert-OH is 1. The topological polar surface area (TPSA) is 59.0 Å². The summed E-state index contributed by atoms with van der Waals surface area (Å²) in [6.45, 7) is 3.03. The first-order chi connectivity index (χ1) is 9.69. The molecule has 0 amide bonds. The molecule has 0 aromatic heterocycles. The van der Waals surface area contributed by atoms with Gasteiger partial charge in [-0.15, -0.1) is 0 Å². The minimum absolute atomic E-state index is 0.258. The van der Waals surface area contributed by atoms with Crippen LogP contribution in [-0.4, -0.2) is 55.4 Å². The highest BCUT2D eigenvalue weighted by molar-refractivity contribution is 5.89. The number of esters is 1. The SMILES string of the molecule is COC(=O)c1ccc(OC[C@@H](O)CN2CCCC2)cc1. The molecule has 20 heavy (non-hydrogen) atoms. The Balaban J connectivity index is 1.76. The van der Waals surface area contributed by atoms with Crippen LogP contribution in [0.5, 0.6) is 5.75 Å². The number of aliphatic hydroxyl groups is 1. The summed E-state index contributed by atoms with van der Waals surface area (Å²) in [4.78, 5) is 13.5. The molecular weight excluding hydrogens is 258 g/mol. The van der Waals surface area contributed by atoms with Crippen LogP contribution in [0.3, 0.4) is 0 Å². The van der Waals surface area contributed by atoms with E-state index in [0.29, 0.717) is 17.9 Å². The molecule has 0 unspecified atom stereocenters. The first kappa shape index (κ1) is 14.8. The number of carbonyl (C=O) groups is 1. The minimum atomic E-state index is -0.492. The maximum atomic E-state index is 11.3. The van der Waals surface area contributed by atoms with Gasteiger partial charge >= 0.3 is 5.97 Å². The highest BCUT2D eigenvalue weighted by Gasteiger charge is 2.16. The van der Waals surface area contributed by atoms with E-state index >= 15 is 0 Å². The number of ether oxygens (including phenoxy) is 2. The van der Waals surface area contributed by atoms with Gasteiger partial charge in [-0.3, -0.25) is 0 Å². The monoisotopic (exact) mass is 279 g/mol. The molecule has 0 aliphatic carbocycles. The highest BCUT2D eigenvalue weighted by atomic mass is 16.5. The van der Waals surface area contributed by atoms with Crippen LogP contribution in [0.15, 0.2) is 24.3 Å². The van der Waals surface area contributed by atoms with E-state index in [1.54, 1.807) is 24.3 Å². The third-order valence-corrected chi connectivity index (χ3v) is 3.39. The van der Waals surface area contributed by atoms with Gasteiger partial charge in [0.25, 0.3) is 0 Å². The summed E-state index contributed by atoms with van der Waals surface area (Å²) in [7, 11) is 1.35. The number of β-amino-alcohol motifs (C(OH)–C–C–N with tert-alkyl or cyclic N) is 1. The molecular formula is C15H21NO4. The predicted molar refractivity (Wildman–Crippen MR) is 75.0 cm³/mol. The van der Waals surface area contributed by atoms with E-state index in [4.69, 9.17) is 4.74 Å². The van der Waals surface area contributed by atoms with Gasteiger partial charge in [0.15, 0.2) is 0 Å². The van der Waals surface area contributed by atoms with Crippen LogP contribution in [0, 0.1) is 0 Å². The van der Waals surface area contributed by atoms with Gasteiger partial charge in [-0.05, 0) is 50.2 Å². The van der Waals surface area contributed by atoms with Gasteiger partial charge < -0.3 is 19.5 Å². The van der Waals surface area contributed by atoms with Crippen molar-refractivity contribution < 1.29 is 19.4 Å². The molecule has 110 valence electrons. The van der Waals surface area contributed by atoms with Crippen molar-refractivity contribution in [1.82, 2.24) is 4.90 Å². The Bertz CT molecular complexity index is 426. The molecule has 1 N–H and O–H groups in total. The van der Waals surface area contributed by atoms with Gasteiger partial charge in [-0.25, -0.2) is 4.79 Å². The smallest absolute Gasteiger partial charge is 0.337 e. The fraction of sp³-hybridized carbons (Fsp3) is 0.533. The van der Waals surface area contributed by atoms with Gasteiger partial charge in [0, 0.05) is 6.54 Å². The lowest BCUT2D eigenvalue weighted by Crippen LogP contribution is -2.33. The average molecular weight is 279 g/mol. The molecule has 1 fully saturated rings. The number of hydrogen-bond donors (Lipinski definition) is 1. The predicted octanol–water partition coefficient (Wildman–Crippen LogP) is 1.31. The molecule has 0 spiro atoms. The van der Waals surface area contributed by atoms with Gasteiger partial charge in [-0.1, -0.05) is 0 Å². The molecule has 1 aromatic rings. The third kappa shape index (κ3) is 4.21. The molecule has 5 nitrogen and oxygen atoms in total. The van der Waals surface area contributed by atoms with Crippen LogP contribution < -0.4 is 4.74 Å². The molecule has 5 heteroatoms. The van der Waals surface area contributed by atoms with Crippen molar-refractivity contribution in [2.75, 3.05) is 33.4 Å². The zero-order valence-corrected chi connectivity index (χ0v) is 11.7. The van der Waals surface area contributed by atoms with E-state index in [1.165, 1.54) is 20.0 Å². The summed E-state index contributed by atoms with van der Waals surface area (Å²) in [5.74, 6) is 0.267. The Morgan fingerprint density at radius 2 is 1.95 bits per heavy atom. The fourth-order valence-corrected chi connectivity index (χ4v) is 2.31. The number of carbonyl (C=O) groups excluding carboxylic acids is 1. The summed E-state index contributed by atoms with van der Waals surface area (Å²) in [5, 5.41) is 9.91. The fourth-order valence-electron chi connectivity index (χ4n) is 2.31. The van der Waals surface area contributed by atoms with E-state index in [0.717, 1.165) is 13.1 Å². The van der Waals surface area contributed by atoms with Crippen molar-refractivity contribution in [3.8, 4) is 5.75 Å². The van der Waals surface area contributed by atoms with E-state index in [2.05, 4.69) is 9.64 Å². The maximum absolute atomic E-state index is 11.3. The number of benzene rings is 1. The minimum Gasteiger partial charge on any atom is -0.491 e. The standard InChI is InChI=1S/C15H21NO4/c1-19-15(18)12-4-6-14(7-5-12)20-11-13(17)10-16-8-2-3-9-16/h4-7,13,17H,2-3,8-11H2,1H3/t13-/m0/s1. The van der Waals surface area contributed by atoms with E-state index in [1.807, 2.05) is 0 Å². The van der Waals surface area contributed by atoms with E-state index in [-0.39, 0.29) is 12.6 Å². The number of hydrogen-bond acceptors (Lipinski definition) is 5. The molecule has 1 aliphatic rings. The second-order valence-corrected chi connectivity index (χ2v) is 4.99. The van der Waals surface area contributed by atoms with Crippen molar-refractivity contribution in [3.63, 3.8) is 0 Å². The quantitative estimate of drug-likeness (QED) is 0.796. The summed E-state index contributed by atoms with van der Waals surface area (Å²) < 4.78 is 10.1. The molecule has 0 saturated carbocycles. The van der Waals surface area contributed by atoms with E-state index < -0.39 is 6.10 Å². The van der Waals surface area contributed by atoms with Crippen LogP contribution in [0.25, 0.3) is 0 Å². The first-order valence-corrected chi connectivity index (χ1v) is 6.90. The van der Waals surface area contributed by atoms with Crippen LogP contribution >= 0.6 is 0 Å². The van der Waals surface area contributed by atoms with Gasteiger partial charge in [0.1, 0.15) is 18.5 Å². The largest absolute Gasteiger partial charge is 0.491 e. The Labute approximate surface area is 119 Å². The lowest BCUT2D eigenvalue weighted by molar-refractivity contribution is 0.0600. The Morgan fingerprint density at radius 3 is 2.55 bits per heavy atom. The number of likely N-dealkylation sites (tertiary alicyclic amines) is 1. The Hall–Kier alpha value is -1.59. The lowest BCUT2D eigenvalue weighted by Gasteiger charge is -2.19. The number of rotatable bonds is 6. The van der Waals surface area contributed by atoms with Crippen molar-refractivity contribution >= 4 is 5.97 Å². The molecule has 1 heterocycles. The van der Waals surface area contributed by atoms with Crippen LogP contribution in [0.4, 0.5) is 0 Å². The van der Waals surface area contributed by atoms with Crippen molar-refractivity contribution in [2.24, 2.45) is 0 Å². The second kappa shape index (κ2) is 7.26. The Morgan fingerprint density at radius 1 is 1.30 bits per heavy atom. The average Bonchev–Trinajstić information content (AvgIpc) is 2.97. The summed E-state index contributed by atoms with van der Waals surface area (Å²) in [6.07, 6.45) is 1.93. The normalized spacial score (nSPS) is 16.9. The third-order valence-electron chi connectivity index (χ3n) is 3.39. The van der Waals surface area contributed by atoms with Crippen LogP contribution in [-0.2, 0) is 4.74 Å². The zero-order chi connectivity index (χ0) is 14.4. The van der Waals surface area contributed by atoms with Gasteiger partial charge in [-0.2, -0.15) is 0 Å². The summed E-state index contributed by atoms with van der Waals surface area (Å²) in [5.41, 5.74) is 0.484. The highest BCUT2D eigenvalue weighted by Crippen LogP contribution is 2.14. The van der Waals surface area contributed by atoms with Gasteiger partial charge in [0.2, 0.25) is 0 Å². The van der Waals surface area contributed by atoms with E-state index in [9.17, 15) is 9.90 Å². The summed E-state index contributed by atoms with van der Waals surface area (Å²) in [6, 6.07) is 6.70. The van der Waals surface area contributed by atoms with Crippen molar-refractivity contribution in [3.05, 3.63) is 29.8 Å². The van der Waals surface area contributed by atoms with Crippen molar-refractivity contribution in [2.45, 2.75) is 18.9 Å². The zero-order valence-electron chi connectivity index (χ0n) is 11.7. The van der Waals surface area contributed by atoms with Crippen LogP contribution in [0.1, 0.15) is 23.2 Å². The number of methoxy groups -OCH3 is 1. The first-order valence-electron chi connectivity index (χ1n) is 6.90. The second-order valence-electron chi connectivity index (χ2n) is 4.99. The molecule has 1 atom stereocenters. The summed E-state index contributed by atoms with van der Waals surface area (Å²) >= 11 is 0. The Kier molecular flexibility index (Phi) is 5.38. The molecule has 1 aromatic carbocycles. The molecule has 1 saturated heterocycles. The maximum Gasteiger partial charge on any atom is 0.337 e. The van der Waals surface area contributed by atoms with Crippen LogP contribution in [0.2, 0.25) is 0 Å². The molecule has 1 aliphatic heterocycles. The number of nitrogens with zero attached hydrogens (tertiary/aromatic N) is 1. The molecule has 0 bridgehead atoms. The van der Waals surface area contributed by atoms with Crippen molar-refractivity contribution in [1.29, 1.82) is 0 Å². The molecule has 2 rings (SSSR count). The lowest BCUT2D eigenvalue weighted by atomic mass is 10.2. The van der Waals surface area contributed by atoms with Gasteiger partial charge in [0.05, 0.1) is 12.7 Å².